The van der Waals surface area contributed by atoms with Crippen molar-refractivity contribution in [1.29, 1.82) is 0 Å². The number of carbonyl (C=O) groups is 1. The van der Waals surface area contributed by atoms with E-state index < -0.39 is 18.1 Å². The van der Waals surface area contributed by atoms with Crippen molar-refractivity contribution in [3.05, 3.63) is 96.2 Å². The molecule has 0 aliphatic carbocycles. The first kappa shape index (κ1) is 21.2. The van der Waals surface area contributed by atoms with Gasteiger partial charge in [0, 0.05) is 5.56 Å². The Labute approximate surface area is 181 Å². The lowest BCUT2D eigenvalue weighted by atomic mass is 10.1. The summed E-state index contributed by atoms with van der Waals surface area (Å²) in [5.41, 5.74) is 1.09. The number of benzene rings is 3. The monoisotopic (exact) mass is 439 g/mol. The number of aromatic nitrogens is 1. The number of rotatable bonds is 6. The van der Waals surface area contributed by atoms with Crippen molar-refractivity contribution in [2.45, 2.75) is 13.0 Å². The van der Waals surface area contributed by atoms with Crippen molar-refractivity contribution in [3.8, 4) is 28.5 Å². The fourth-order valence-corrected chi connectivity index (χ4v) is 3.01. The molecule has 0 fully saturated rings. The van der Waals surface area contributed by atoms with Crippen LogP contribution in [-0.2, 0) is 11.3 Å². The van der Waals surface area contributed by atoms with Crippen LogP contribution in [0.15, 0.2) is 89.3 Å². The maximum atomic E-state index is 12.8. The van der Waals surface area contributed by atoms with E-state index in [0.29, 0.717) is 5.56 Å². The molecular formula is C24H16F3NO4. The smallest absolute Gasteiger partial charge is 0.456 e. The number of nitrogens with zero attached hydrogens (tertiary/aromatic N) is 1. The van der Waals surface area contributed by atoms with Crippen molar-refractivity contribution >= 4 is 5.97 Å². The quantitative estimate of drug-likeness (QED) is 0.332. The van der Waals surface area contributed by atoms with Crippen LogP contribution < -0.4 is 4.74 Å². The Morgan fingerprint density at radius 3 is 2.19 bits per heavy atom. The average molecular weight is 439 g/mol. The van der Waals surface area contributed by atoms with E-state index in [4.69, 9.17) is 9.15 Å². The highest BCUT2D eigenvalue weighted by Crippen LogP contribution is 2.36. The van der Waals surface area contributed by atoms with Crippen LogP contribution in [0.25, 0.3) is 22.8 Å². The van der Waals surface area contributed by atoms with Crippen LogP contribution in [0.5, 0.6) is 5.75 Å². The molecule has 8 heteroatoms. The highest BCUT2D eigenvalue weighted by molar-refractivity contribution is 5.94. The maximum absolute atomic E-state index is 12.8. The number of ether oxygens (including phenoxy) is 2. The van der Waals surface area contributed by atoms with Gasteiger partial charge in [-0.3, -0.25) is 0 Å². The number of hydrogen-bond donors (Lipinski definition) is 0. The van der Waals surface area contributed by atoms with Gasteiger partial charge in [0.25, 0.3) is 0 Å². The Hall–Kier alpha value is -4.07. The SMILES string of the molecule is O=C(OCc1ccccc1)c1nc(-c2ccccc2OC(F)(F)F)oc1-c1ccccc1. The number of carbonyl (C=O) groups excluding carboxylic acids is 1. The first-order chi connectivity index (χ1) is 15.4. The Morgan fingerprint density at radius 2 is 1.50 bits per heavy atom. The molecule has 32 heavy (non-hydrogen) atoms. The molecule has 0 spiro atoms. The summed E-state index contributed by atoms with van der Waals surface area (Å²) < 4.78 is 53.7. The molecule has 1 aromatic heterocycles. The summed E-state index contributed by atoms with van der Waals surface area (Å²) in [4.78, 5) is 17.0. The molecule has 0 N–H and O–H groups in total. The van der Waals surface area contributed by atoms with E-state index in [9.17, 15) is 18.0 Å². The molecule has 0 bridgehead atoms. The number of para-hydroxylation sites is 1. The second-order valence-electron chi connectivity index (χ2n) is 6.67. The van der Waals surface area contributed by atoms with Crippen LogP contribution in [0.2, 0.25) is 0 Å². The number of alkyl halides is 3. The van der Waals surface area contributed by atoms with Crippen molar-refractivity contribution < 1.29 is 31.9 Å². The zero-order valence-electron chi connectivity index (χ0n) is 16.5. The Bertz CT molecular complexity index is 1200. The standard InChI is InChI=1S/C24H16F3NO4/c25-24(26,27)32-19-14-8-7-13-18(19)22-28-20(21(31-22)17-11-5-2-6-12-17)23(29)30-15-16-9-3-1-4-10-16/h1-14H,15H2. The Morgan fingerprint density at radius 1 is 0.875 bits per heavy atom. The fourth-order valence-electron chi connectivity index (χ4n) is 3.01. The molecule has 5 nitrogen and oxygen atoms in total. The molecule has 0 amide bonds. The van der Waals surface area contributed by atoms with Crippen LogP contribution >= 0.6 is 0 Å². The molecule has 3 aromatic carbocycles. The molecule has 0 saturated carbocycles. The third kappa shape index (κ3) is 4.97. The van der Waals surface area contributed by atoms with Gasteiger partial charge in [-0.25, -0.2) is 9.78 Å². The molecule has 0 aliphatic rings. The lowest BCUT2D eigenvalue weighted by Gasteiger charge is -2.11. The van der Waals surface area contributed by atoms with Gasteiger partial charge in [-0.1, -0.05) is 72.8 Å². The number of halogens is 3. The van der Waals surface area contributed by atoms with Gasteiger partial charge >= 0.3 is 12.3 Å². The predicted octanol–water partition coefficient (Wildman–Crippen LogP) is 6.26. The lowest BCUT2D eigenvalue weighted by molar-refractivity contribution is -0.274. The van der Waals surface area contributed by atoms with Gasteiger partial charge in [0.1, 0.15) is 12.4 Å². The fraction of sp³-hybridized carbons (Fsp3) is 0.0833. The zero-order valence-corrected chi connectivity index (χ0v) is 16.5. The van der Waals surface area contributed by atoms with E-state index in [1.807, 2.05) is 18.2 Å². The summed E-state index contributed by atoms with van der Waals surface area (Å²) in [7, 11) is 0. The Balaban J connectivity index is 1.72. The van der Waals surface area contributed by atoms with Crippen molar-refractivity contribution in [2.75, 3.05) is 0 Å². The molecule has 162 valence electrons. The van der Waals surface area contributed by atoms with Gasteiger partial charge in [0.15, 0.2) is 11.5 Å². The van der Waals surface area contributed by atoms with E-state index in [0.717, 1.165) is 11.6 Å². The second kappa shape index (κ2) is 8.97. The molecule has 0 unspecified atom stereocenters. The first-order valence-electron chi connectivity index (χ1n) is 9.53. The van der Waals surface area contributed by atoms with Gasteiger partial charge in [0.05, 0.1) is 5.56 Å². The first-order valence-corrected chi connectivity index (χ1v) is 9.53. The summed E-state index contributed by atoms with van der Waals surface area (Å²) in [5, 5.41) is 0. The van der Waals surface area contributed by atoms with Crippen LogP contribution in [0, 0.1) is 0 Å². The number of oxazole rings is 1. The van der Waals surface area contributed by atoms with Gasteiger partial charge in [-0.2, -0.15) is 0 Å². The molecule has 4 aromatic rings. The van der Waals surface area contributed by atoms with Crippen LogP contribution in [0.1, 0.15) is 16.1 Å². The average Bonchev–Trinajstić information content (AvgIpc) is 3.23. The van der Waals surface area contributed by atoms with E-state index in [-0.39, 0.29) is 29.5 Å². The molecule has 1 heterocycles. The largest absolute Gasteiger partial charge is 0.573 e. The third-order valence-corrected chi connectivity index (χ3v) is 4.41. The summed E-state index contributed by atoms with van der Waals surface area (Å²) in [6, 6.07) is 23.1. The van der Waals surface area contributed by atoms with Crippen molar-refractivity contribution in [3.63, 3.8) is 0 Å². The third-order valence-electron chi connectivity index (χ3n) is 4.41. The number of esters is 1. The van der Waals surface area contributed by atoms with Gasteiger partial charge in [0.2, 0.25) is 5.89 Å². The van der Waals surface area contributed by atoms with Gasteiger partial charge in [-0.15, -0.1) is 13.2 Å². The Kier molecular flexibility index (Phi) is 5.93. The van der Waals surface area contributed by atoms with Crippen molar-refractivity contribution in [2.24, 2.45) is 0 Å². The van der Waals surface area contributed by atoms with Crippen molar-refractivity contribution in [1.82, 2.24) is 4.98 Å². The molecular weight excluding hydrogens is 423 g/mol. The summed E-state index contributed by atoms with van der Waals surface area (Å²) >= 11 is 0. The predicted molar refractivity (Wildman–Crippen MR) is 110 cm³/mol. The van der Waals surface area contributed by atoms with Crippen LogP contribution in [0.4, 0.5) is 13.2 Å². The normalized spacial score (nSPS) is 11.2. The highest BCUT2D eigenvalue weighted by atomic mass is 19.4. The molecule has 0 atom stereocenters. The zero-order chi connectivity index (χ0) is 22.6. The van der Waals surface area contributed by atoms with Crippen LogP contribution in [-0.4, -0.2) is 17.3 Å². The minimum absolute atomic E-state index is 0.00384. The molecule has 0 aliphatic heterocycles. The molecule has 4 rings (SSSR count). The van der Waals surface area contributed by atoms with E-state index in [1.54, 1.807) is 42.5 Å². The van der Waals surface area contributed by atoms with Gasteiger partial charge in [-0.05, 0) is 17.7 Å². The summed E-state index contributed by atoms with van der Waals surface area (Å²) in [6.07, 6.45) is -4.90. The minimum atomic E-state index is -4.90. The van der Waals surface area contributed by atoms with Gasteiger partial charge < -0.3 is 13.9 Å². The minimum Gasteiger partial charge on any atom is -0.456 e. The van der Waals surface area contributed by atoms with E-state index in [2.05, 4.69) is 9.72 Å². The molecule has 0 saturated heterocycles. The topological polar surface area (TPSA) is 61.6 Å². The maximum Gasteiger partial charge on any atom is 0.573 e. The lowest BCUT2D eigenvalue weighted by Crippen LogP contribution is -2.17. The summed E-state index contributed by atoms with van der Waals surface area (Å²) in [6.45, 7) is 0.00384. The number of hydrogen-bond acceptors (Lipinski definition) is 5. The summed E-state index contributed by atoms with van der Waals surface area (Å²) in [5.74, 6) is -1.38. The second-order valence-corrected chi connectivity index (χ2v) is 6.67. The van der Waals surface area contributed by atoms with Crippen LogP contribution in [0.3, 0.4) is 0 Å². The molecule has 0 radical (unpaired) electrons. The highest BCUT2D eigenvalue weighted by Gasteiger charge is 2.33. The van der Waals surface area contributed by atoms with E-state index in [1.165, 1.54) is 18.2 Å². The van der Waals surface area contributed by atoms with E-state index >= 15 is 0 Å².